The highest BCUT2D eigenvalue weighted by Gasteiger charge is 2.71. The fraction of sp³-hybridized carbons (Fsp3) is 0.952. The monoisotopic (exact) mass is 784 g/mol. The maximum Gasteiger partial charge on any atom is 0.187 e. The predicted octanol–water partition coefficient (Wildman–Crippen LogP) is 2.15. The molecule has 20 atom stereocenters. The van der Waals surface area contributed by atoms with Gasteiger partial charge in [-0.05, 0) is 124 Å². The number of ether oxygens (including phenoxy) is 4. The summed E-state index contributed by atoms with van der Waals surface area (Å²) in [7, 11) is 0. The van der Waals surface area contributed by atoms with Gasteiger partial charge in [-0.1, -0.05) is 46.3 Å². The van der Waals surface area contributed by atoms with E-state index < -0.39 is 97.8 Å². The Bertz CT molecular complexity index is 1370. The number of hydrogen-bond donors (Lipinski definition) is 9. The van der Waals surface area contributed by atoms with Crippen molar-refractivity contribution < 1.29 is 64.9 Å². The number of aliphatic hydroxyl groups is 9. The number of hydrogen-bond acceptors (Lipinski definition) is 13. The van der Waals surface area contributed by atoms with E-state index in [1.54, 1.807) is 0 Å². The van der Waals surface area contributed by atoms with Gasteiger partial charge in [0.1, 0.15) is 48.8 Å². The lowest BCUT2D eigenvalue weighted by Gasteiger charge is -2.70. The molecule has 9 N–H and O–H groups in total. The predicted molar refractivity (Wildman–Crippen MR) is 201 cm³/mol. The third-order valence-electron chi connectivity index (χ3n) is 16.6. The molecule has 0 aromatic carbocycles. The van der Waals surface area contributed by atoms with Gasteiger partial charge >= 0.3 is 0 Å². The maximum atomic E-state index is 12.2. The first kappa shape index (κ1) is 43.8. The Morgan fingerprint density at radius 1 is 0.727 bits per heavy atom. The molecule has 6 unspecified atom stereocenters. The van der Waals surface area contributed by atoms with Gasteiger partial charge in [0.2, 0.25) is 0 Å². The van der Waals surface area contributed by atoms with Gasteiger partial charge in [0.25, 0.3) is 0 Å². The van der Waals surface area contributed by atoms with Gasteiger partial charge in [0.15, 0.2) is 12.6 Å². The second kappa shape index (κ2) is 15.7. The summed E-state index contributed by atoms with van der Waals surface area (Å²) < 4.78 is 24.4. The van der Waals surface area contributed by atoms with Crippen LogP contribution in [0.3, 0.4) is 0 Å². The zero-order chi connectivity index (χ0) is 40.6. The zero-order valence-electron chi connectivity index (χ0n) is 34.3. The fourth-order valence-corrected chi connectivity index (χ4v) is 13.3. The molecule has 0 aromatic heterocycles. The van der Waals surface area contributed by atoms with Gasteiger partial charge < -0.3 is 64.9 Å². The fourth-order valence-electron chi connectivity index (χ4n) is 13.3. The van der Waals surface area contributed by atoms with Crippen molar-refractivity contribution in [2.24, 2.45) is 45.3 Å². The molecule has 13 nitrogen and oxygen atoms in total. The van der Waals surface area contributed by atoms with E-state index >= 15 is 0 Å². The third-order valence-corrected chi connectivity index (χ3v) is 16.6. The van der Waals surface area contributed by atoms with Gasteiger partial charge in [-0.15, -0.1) is 0 Å². The van der Waals surface area contributed by atoms with Gasteiger partial charge in [-0.2, -0.15) is 0 Å². The van der Waals surface area contributed by atoms with Crippen molar-refractivity contribution in [3.8, 4) is 0 Å². The molecule has 2 aliphatic heterocycles. The molecule has 6 fully saturated rings. The molecule has 0 amide bonds. The first-order valence-electron chi connectivity index (χ1n) is 20.9. The van der Waals surface area contributed by atoms with E-state index in [0.29, 0.717) is 19.3 Å². The molecule has 2 heterocycles. The molecule has 4 saturated carbocycles. The van der Waals surface area contributed by atoms with Crippen molar-refractivity contribution in [3.05, 3.63) is 11.6 Å². The Morgan fingerprint density at radius 3 is 1.95 bits per heavy atom. The maximum absolute atomic E-state index is 12.2. The summed E-state index contributed by atoms with van der Waals surface area (Å²) in [6.07, 6.45) is -6.48. The average molecular weight is 785 g/mol. The Morgan fingerprint density at radius 2 is 1.33 bits per heavy atom. The van der Waals surface area contributed by atoms with Crippen LogP contribution in [0.5, 0.6) is 0 Å². The Hall–Kier alpha value is -0.780. The Labute approximate surface area is 327 Å². The largest absolute Gasteiger partial charge is 0.394 e. The van der Waals surface area contributed by atoms with E-state index in [-0.39, 0.29) is 39.9 Å². The van der Waals surface area contributed by atoms with Crippen LogP contribution in [-0.4, -0.2) is 138 Å². The van der Waals surface area contributed by atoms with Crippen LogP contribution in [0.4, 0.5) is 0 Å². The van der Waals surface area contributed by atoms with Crippen LogP contribution in [0.1, 0.15) is 113 Å². The van der Waals surface area contributed by atoms with Crippen molar-refractivity contribution in [1.29, 1.82) is 0 Å². The molecular weight excluding hydrogens is 712 g/mol. The van der Waals surface area contributed by atoms with E-state index in [9.17, 15) is 46.0 Å². The highest BCUT2D eigenvalue weighted by atomic mass is 16.8. The van der Waals surface area contributed by atoms with E-state index in [1.165, 1.54) is 5.57 Å². The number of allylic oxidation sites excluding steroid dienone is 2. The molecule has 0 spiro atoms. The SMILES string of the molecule is CC(C)=CCCC(C)(O)[C@H]1CC[C@@]2(C)C1[C@H](O)CC1[C@@]3(C)CC[C@H](OC4O[C@H](CO)[C@@H](O)[C@H](O)[C@H]4OC4O[C@H](CO)[C@@H](O)[C@H](O)[C@H]4O)C(C)(C)C3CC[C@]12C. The quantitative estimate of drug-likeness (QED) is 0.115. The van der Waals surface area contributed by atoms with Crippen LogP contribution >= 0.6 is 0 Å². The minimum atomic E-state index is -1.75. The van der Waals surface area contributed by atoms with Gasteiger partial charge in [0.05, 0.1) is 31.0 Å². The van der Waals surface area contributed by atoms with Crippen LogP contribution in [0.2, 0.25) is 0 Å². The first-order chi connectivity index (χ1) is 25.6. The summed E-state index contributed by atoms with van der Waals surface area (Å²) >= 11 is 0. The Balaban J connectivity index is 1.23. The van der Waals surface area contributed by atoms with E-state index in [2.05, 4.69) is 54.5 Å². The topological polar surface area (TPSA) is 219 Å². The standard InChI is InChI=1S/C42H72O13/c1-21(2)10-9-14-42(8,51)22-11-16-41(7)29(22)23(45)18-27-39(5)15-13-28(38(3,4)26(39)12-17-40(27,41)6)54-37-35(33(49)31(47)25(20-44)53-37)55-36-34(50)32(48)30(46)24(19-43)52-36/h10,22-37,43-51H,9,11-20H2,1-8H3/t22-,23+,24+,25+,26?,27?,28-,29?,30+,31+,32-,33-,34+,35+,36?,37?,39-,40+,41-,42?/m0/s1. The van der Waals surface area contributed by atoms with Gasteiger partial charge in [0, 0.05) is 0 Å². The number of fused-ring (bicyclic) bond motifs is 5. The van der Waals surface area contributed by atoms with Crippen LogP contribution in [0.15, 0.2) is 11.6 Å². The molecule has 318 valence electrons. The smallest absolute Gasteiger partial charge is 0.187 e. The molecule has 0 aromatic rings. The van der Waals surface area contributed by atoms with E-state index in [0.717, 1.165) is 38.5 Å². The van der Waals surface area contributed by atoms with Gasteiger partial charge in [-0.25, -0.2) is 0 Å². The second-order valence-electron chi connectivity index (χ2n) is 20.1. The summed E-state index contributed by atoms with van der Waals surface area (Å²) in [6, 6.07) is 0. The minimum absolute atomic E-state index is 0.00798. The van der Waals surface area contributed by atoms with Gasteiger partial charge in [-0.3, -0.25) is 0 Å². The summed E-state index contributed by atoms with van der Waals surface area (Å²) in [5, 5.41) is 97.4. The van der Waals surface area contributed by atoms with Crippen LogP contribution < -0.4 is 0 Å². The van der Waals surface area contributed by atoms with E-state index in [1.807, 2.05) is 6.92 Å². The van der Waals surface area contributed by atoms with Crippen LogP contribution in [0.25, 0.3) is 0 Å². The van der Waals surface area contributed by atoms with E-state index in [4.69, 9.17) is 18.9 Å². The van der Waals surface area contributed by atoms with Crippen LogP contribution in [-0.2, 0) is 18.9 Å². The normalized spacial score (nSPS) is 52.0. The summed E-state index contributed by atoms with van der Waals surface area (Å²) in [5.41, 5.74) is -0.405. The molecule has 6 aliphatic rings. The van der Waals surface area contributed by atoms with Crippen LogP contribution in [0, 0.1) is 45.3 Å². The first-order valence-corrected chi connectivity index (χ1v) is 20.9. The van der Waals surface area contributed by atoms with Crippen molar-refractivity contribution in [3.63, 3.8) is 0 Å². The minimum Gasteiger partial charge on any atom is -0.394 e. The lowest BCUT2D eigenvalue weighted by atomic mass is 9.35. The summed E-state index contributed by atoms with van der Waals surface area (Å²) in [5.74, 6) is 0.445. The second-order valence-corrected chi connectivity index (χ2v) is 20.1. The lowest BCUT2D eigenvalue weighted by molar-refractivity contribution is -0.378. The molecule has 0 bridgehead atoms. The number of rotatable bonds is 10. The van der Waals surface area contributed by atoms with Crippen molar-refractivity contribution in [1.82, 2.24) is 0 Å². The Kier molecular flexibility index (Phi) is 12.5. The lowest BCUT2D eigenvalue weighted by Crippen LogP contribution is -2.68. The van der Waals surface area contributed by atoms with Crippen molar-refractivity contribution in [2.45, 2.75) is 192 Å². The molecule has 4 aliphatic carbocycles. The highest BCUT2D eigenvalue weighted by molar-refractivity contribution is 5.20. The van der Waals surface area contributed by atoms with Crippen molar-refractivity contribution >= 4 is 0 Å². The molecule has 2 saturated heterocycles. The van der Waals surface area contributed by atoms with Crippen molar-refractivity contribution in [2.75, 3.05) is 13.2 Å². The molecule has 55 heavy (non-hydrogen) atoms. The summed E-state index contributed by atoms with van der Waals surface area (Å²) in [4.78, 5) is 0. The third kappa shape index (κ3) is 7.20. The summed E-state index contributed by atoms with van der Waals surface area (Å²) in [6.45, 7) is 16.5. The average Bonchev–Trinajstić information content (AvgIpc) is 3.50. The molecule has 6 rings (SSSR count). The molecule has 0 radical (unpaired) electrons. The molecular formula is C42H72O13. The number of aliphatic hydroxyl groups excluding tert-OH is 8. The zero-order valence-corrected chi connectivity index (χ0v) is 34.3. The highest BCUT2D eigenvalue weighted by Crippen LogP contribution is 2.76. The molecule has 13 heteroatoms.